The van der Waals surface area contributed by atoms with Gasteiger partial charge >= 0.3 is 0 Å². The first-order chi connectivity index (χ1) is 8.25. The zero-order valence-electron chi connectivity index (χ0n) is 10.1. The molecule has 2 rings (SSSR count). The summed E-state index contributed by atoms with van der Waals surface area (Å²) in [5, 5.41) is 3.28. The molecule has 4 nitrogen and oxygen atoms in total. The zero-order valence-corrected chi connectivity index (χ0v) is 10.1. The smallest absolute Gasteiger partial charge is 0.0642 e. The Bertz CT molecular complexity index is 362. The minimum absolute atomic E-state index is 0.480. The Labute approximate surface area is 102 Å². The van der Waals surface area contributed by atoms with Gasteiger partial charge in [0.05, 0.1) is 24.1 Å². The molecule has 0 saturated heterocycles. The first-order valence-corrected chi connectivity index (χ1v) is 6.26. The van der Waals surface area contributed by atoms with Crippen LogP contribution in [0.2, 0.25) is 0 Å². The number of benzene rings is 1. The molecule has 1 aliphatic carbocycles. The molecule has 1 aromatic carbocycles. The largest absolute Gasteiger partial charge is 0.397 e. The van der Waals surface area contributed by atoms with Crippen LogP contribution in [0, 0.1) is 0 Å². The molecule has 1 fully saturated rings. The van der Waals surface area contributed by atoms with E-state index in [1.54, 1.807) is 0 Å². The Hall–Kier alpha value is -1.42. The second-order valence-electron chi connectivity index (χ2n) is 4.55. The van der Waals surface area contributed by atoms with Crippen molar-refractivity contribution in [3.8, 4) is 0 Å². The predicted octanol–water partition coefficient (Wildman–Crippen LogP) is 2.22. The summed E-state index contributed by atoms with van der Waals surface area (Å²) in [6.07, 6.45) is 5.54. The molecule has 0 bridgehead atoms. The number of hydrogen-bond donors (Lipinski definition) is 3. The number of nitrogens with one attached hydrogen (secondary N) is 1. The highest BCUT2D eigenvalue weighted by Crippen LogP contribution is 2.21. The van der Waals surface area contributed by atoms with E-state index >= 15 is 0 Å². The maximum atomic E-state index is 5.76. The van der Waals surface area contributed by atoms with Crippen LogP contribution in [0.5, 0.6) is 0 Å². The van der Waals surface area contributed by atoms with E-state index in [-0.39, 0.29) is 0 Å². The van der Waals surface area contributed by atoms with E-state index in [9.17, 15) is 0 Å². The lowest BCUT2D eigenvalue weighted by atomic mass is 10.2. The highest BCUT2D eigenvalue weighted by molar-refractivity contribution is 5.69. The number of ether oxygens (including phenoxy) is 1. The first-order valence-electron chi connectivity index (χ1n) is 6.26. The summed E-state index contributed by atoms with van der Waals surface area (Å²) in [6.45, 7) is 1.55. The molecule has 0 radical (unpaired) electrons. The molecule has 0 aromatic heterocycles. The van der Waals surface area contributed by atoms with Crippen LogP contribution in [0.4, 0.5) is 17.1 Å². The van der Waals surface area contributed by atoms with Crippen LogP contribution in [-0.4, -0.2) is 19.3 Å². The molecule has 5 N–H and O–H groups in total. The van der Waals surface area contributed by atoms with Crippen LogP contribution in [-0.2, 0) is 4.74 Å². The molecule has 0 unspecified atom stereocenters. The van der Waals surface area contributed by atoms with Crippen molar-refractivity contribution in [2.24, 2.45) is 0 Å². The summed E-state index contributed by atoms with van der Waals surface area (Å²) < 4.78 is 5.76. The lowest BCUT2D eigenvalue weighted by Crippen LogP contribution is -2.15. The number of nitrogen functional groups attached to an aromatic ring is 2. The number of hydrogen-bond acceptors (Lipinski definition) is 4. The van der Waals surface area contributed by atoms with Gasteiger partial charge in [0.1, 0.15) is 0 Å². The SMILES string of the molecule is Nc1ccc(NCCOC2CCCC2)cc1N. The van der Waals surface area contributed by atoms with Crippen molar-refractivity contribution in [2.45, 2.75) is 31.8 Å². The average Bonchev–Trinajstić information content (AvgIpc) is 2.82. The van der Waals surface area contributed by atoms with Crippen LogP contribution in [0.3, 0.4) is 0 Å². The van der Waals surface area contributed by atoms with Crippen molar-refractivity contribution in [3.63, 3.8) is 0 Å². The Morgan fingerprint density at radius 3 is 2.65 bits per heavy atom. The molecule has 94 valence electrons. The molecule has 1 aromatic rings. The van der Waals surface area contributed by atoms with E-state index in [0.717, 1.165) is 18.8 Å². The topological polar surface area (TPSA) is 73.3 Å². The summed E-state index contributed by atoms with van der Waals surface area (Å²) >= 11 is 0. The number of rotatable bonds is 5. The van der Waals surface area contributed by atoms with Gasteiger partial charge in [-0.3, -0.25) is 0 Å². The van der Waals surface area contributed by atoms with Crippen LogP contribution in [0.25, 0.3) is 0 Å². The van der Waals surface area contributed by atoms with Gasteiger partial charge in [-0.05, 0) is 31.0 Å². The summed E-state index contributed by atoms with van der Waals surface area (Å²) in [7, 11) is 0. The molecular weight excluding hydrogens is 214 g/mol. The van der Waals surface area contributed by atoms with E-state index in [0.29, 0.717) is 17.5 Å². The third-order valence-electron chi connectivity index (χ3n) is 3.17. The number of anilines is 3. The van der Waals surface area contributed by atoms with Crippen molar-refractivity contribution in [1.82, 2.24) is 0 Å². The average molecular weight is 235 g/mol. The Morgan fingerprint density at radius 1 is 1.18 bits per heavy atom. The van der Waals surface area contributed by atoms with Crippen molar-refractivity contribution in [1.29, 1.82) is 0 Å². The third kappa shape index (κ3) is 3.53. The van der Waals surface area contributed by atoms with Crippen molar-refractivity contribution in [2.75, 3.05) is 29.9 Å². The maximum Gasteiger partial charge on any atom is 0.0642 e. The first kappa shape index (κ1) is 12.0. The third-order valence-corrected chi connectivity index (χ3v) is 3.17. The molecule has 0 aliphatic heterocycles. The van der Waals surface area contributed by atoms with E-state index in [1.807, 2.05) is 18.2 Å². The quantitative estimate of drug-likeness (QED) is 0.540. The number of nitrogens with two attached hydrogens (primary N) is 2. The van der Waals surface area contributed by atoms with Gasteiger partial charge in [-0.15, -0.1) is 0 Å². The van der Waals surface area contributed by atoms with Gasteiger partial charge in [0.15, 0.2) is 0 Å². The van der Waals surface area contributed by atoms with Gasteiger partial charge < -0.3 is 21.5 Å². The zero-order chi connectivity index (χ0) is 12.1. The molecule has 0 heterocycles. The fraction of sp³-hybridized carbons (Fsp3) is 0.538. The minimum atomic E-state index is 0.480. The normalized spacial score (nSPS) is 16.2. The van der Waals surface area contributed by atoms with Gasteiger partial charge in [0, 0.05) is 12.2 Å². The second-order valence-corrected chi connectivity index (χ2v) is 4.55. The lowest BCUT2D eigenvalue weighted by Gasteiger charge is -2.12. The molecule has 1 saturated carbocycles. The molecular formula is C13H21N3O. The predicted molar refractivity (Wildman–Crippen MR) is 72.0 cm³/mol. The highest BCUT2D eigenvalue weighted by atomic mass is 16.5. The Kier molecular flexibility index (Phi) is 4.09. The summed E-state index contributed by atoms with van der Waals surface area (Å²) in [6, 6.07) is 5.60. The van der Waals surface area contributed by atoms with Crippen LogP contribution < -0.4 is 16.8 Å². The second kappa shape index (κ2) is 5.77. The van der Waals surface area contributed by atoms with E-state index < -0.39 is 0 Å². The molecule has 1 aliphatic rings. The van der Waals surface area contributed by atoms with Crippen LogP contribution in [0.15, 0.2) is 18.2 Å². The summed E-state index contributed by atoms with van der Waals surface area (Å²) in [5.41, 5.74) is 13.6. The molecule has 17 heavy (non-hydrogen) atoms. The standard InChI is InChI=1S/C13H21N3O/c14-12-6-5-10(9-13(12)15)16-7-8-17-11-3-1-2-4-11/h5-6,9,11,16H,1-4,7-8,14-15H2. The summed E-state index contributed by atoms with van der Waals surface area (Å²) in [5.74, 6) is 0. The monoisotopic (exact) mass is 235 g/mol. The minimum Gasteiger partial charge on any atom is -0.397 e. The summed E-state index contributed by atoms with van der Waals surface area (Å²) in [4.78, 5) is 0. The Morgan fingerprint density at radius 2 is 1.94 bits per heavy atom. The molecule has 0 spiro atoms. The molecule has 0 amide bonds. The van der Waals surface area contributed by atoms with Crippen molar-refractivity contribution < 1.29 is 4.74 Å². The molecule has 4 heteroatoms. The van der Waals surface area contributed by atoms with E-state index in [1.165, 1.54) is 25.7 Å². The van der Waals surface area contributed by atoms with E-state index in [4.69, 9.17) is 16.2 Å². The van der Waals surface area contributed by atoms with Crippen LogP contribution in [0.1, 0.15) is 25.7 Å². The lowest BCUT2D eigenvalue weighted by molar-refractivity contribution is 0.0659. The maximum absolute atomic E-state index is 5.76. The Balaban J connectivity index is 1.68. The van der Waals surface area contributed by atoms with Gasteiger partial charge in [0.2, 0.25) is 0 Å². The fourth-order valence-electron chi connectivity index (χ4n) is 2.16. The van der Waals surface area contributed by atoms with Gasteiger partial charge in [-0.1, -0.05) is 12.8 Å². The van der Waals surface area contributed by atoms with Gasteiger partial charge in [-0.2, -0.15) is 0 Å². The van der Waals surface area contributed by atoms with Crippen molar-refractivity contribution in [3.05, 3.63) is 18.2 Å². The van der Waals surface area contributed by atoms with Gasteiger partial charge in [-0.25, -0.2) is 0 Å². The molecule has 0 atom stereocenters. The highest BCUT2D eigenvalue weighted by Gasteiger charge is 2.14. The van der Waals surface area contributed by atoms with Gasteiger partial charge in [0.25, 0.3) is 0 Å². The van der Waals surface area contributed by atoms with Crippen LogP contribution >= 0.6 is 0 Å². The fourth-order valence-corrected chi connectivity index (χ4v) is 2.16. The van der Waals surface area contributed by atoms with Crippen molar-refractivity contribution >= 4 is 17.1 Å². The van der Waals surface area contributed by atoms with E-state index in [2.05, 4.69) is 5.32 Å².